The van der Waals surface area contributed by atoms with Crippen molar-refractivity contribution in [3.8, 4) is 0 Å². The van der Waals surface area contributed by atoms with Crippen LogP contribution in [0.3, 0.4) is 0 Å². The fourth-order valence-electron chi connectivity index (χ4n) is 2.54. The second-order valence-electron chi connectivity index (χ2n) is 4.73. The predicted octanol–water partition coefficient (Wildman–Crippen LogP) is 2.24. The Morgan fingerprint density at radius 2 is 2.20 bits per heavy atom. The Morgan fingerprint density at radius 1 is 1.47 bits per heavy atom. The van der Waals surface area contributed by atoms with Gasteiger partial charge in [0.25, 0.3) is 0 Å². The van der Waals surface area contributed by atoms with Crippen LogP contribution < -0.4 is 5.73 Å². The molecule has 88 valence electrons. The van der Waals surface area contributed by atoms with Crippen molar-refractivity contribution in [1.82, 2.24) is 0 Å². The first kappa shape index (κ1) is 12.5. The molecule has 0 bridgehead atoms. The van der Waals surface area contributed by atoms with Gasteiger partial charge in [-0.3, -0.25) is 4.79 Å². The third-order valence-corrected chi connectivity index (χ3v) is 3.52. The SMILES string of the molecule is CCCC1CCCC(N)(C(=O)OC)CC1. The molecule has 0 aromatic carbocycles. The molecule has 0 aromatic heterocycles. The number of esters is 1. The molecule has 1 fully saturated rings. The molecule has 0 amide bonds. The van der Waals surface area contributed by atoms with Gasteiger partial charge >= 0.3 is 5.97 Å². The maximum atomic E-state index is 11.6. The van der Waals surface area contributed by atoms with Crippen LogP contribution in [0.1, 0.15) is 51.9 Å². The van der Waals surface area contributed by atoms with Gasteiger partial charge < -0.3 is 10.5 Å². The average molecular weight is 213 g/mol. The predicted molar refractivity (Wildman–Crippen MR) is 60.4 cm³/mol. The molecular weight excluding hydrogens is 190 g/mol. The van der Waals surface area contributed by atoms with E-state index in [1.807, 2.05) is 0 Å². The summed E-state index contributed by atoms with van der Waals surface area (Å²) >= 11 is 0. The molecule has 2 N–H and O–H groups in total. The summed E-state index contributed by atoms with van der Waals surface area (Å²) in [6.07, 6.45) is 7.38. The zero-order valence-corrected chi connectivity index (χ0v) is 9.92. The number of ether oxygens (including phenoxy) is 1. The summed E-state index contributed by atoms with van der Waals surface area (Å²) in [7, 11) is 1.42. The number of nitrogens with two attached hydrogens (primary N) is 1. The minimum absolute atomic E-state index is 0.236. The molecule has 0 heterocycles. The van der Waals surface area contributed by atoms with Crippen LogP contribution in [-0.4, -0.2) is 18.6 Å². The van der Waals surface area contributed by atoms with Gasteiger partial charge in [-0.2, -0.15) is 0 Å². The van der Waals surface area contributed by atoms with Gasteiger partial charge in [0.1, 0.15) is 5.54 Å². The average Bonchev–Trinajstić information content (AvgIpc) is 2.42. The molecule has 0 radical (unpaired) electrons. The smallest absolute Gasteiger partial charge is 0.325 e. The summed E-state index contributed by atoms with van der Waals surface area (Å²) in [5.74, 6) is 0.518. The highest BCUT2D eigenvalue weighted by molar-refractivity contribution is 5.80. The van der Waals surface area contributed by atoms with Crippen molar-refractivity contribution in [2.45, 2.75) is 57.4 Å². The summed E-state index contributed by atoms with van der Waals surface area (Å²) < 4.78 is 4.78. The first-order valence-electron chi connectivity index (χ1n) is 5.99. The third kappa shape index (κ3) is 3.20. The number of carbonyl (C=O) groups is 1. The fourth-order valence-corrected chi connectivity index (χ4v) is 2.54. The van der Waals surface area contributed by atoms with Crippen molar-refractivity contribution in [1.29, 1.82) is 0 Å². The Kier molecular flexibility index (Phi) is 4.58. The summed E-state index contributed by atoms with van der Waals surface area (Å²) in [6, 6.07) is 0. The monoisotopic (exact) mass is 213 g/mol. The number of carbonyl (C=O) groups excluding carboxylic acids is 1. The zero-order valence-electron chi connectivity index (χ0n) is 9.92. The zero-order chi connectivity index (χ0) is 11.3. The second-order valence-corrected chi connectivity index (χ2v) is 4.73. The van der Waals surface area contributed by atoms with E-state index < -0.39 is 5.54 Å². The number of methoxy groups -OCH3 is 1. The van der Waals surface area contributed by atoms with Crippen molar-refractivity contribution in [2.75, 3.05) is 7.11 Å². The molecule has 1 rings (SSSR count). The number of hydrogen-bond donors (Lipinski definition) is 1. The molecule has 0 spiro atoms. The summed E-state index contributed by atoms with van der Waals surface area (Å²) in [5.41, 5.74) is 5.39. The Morgan fingerprint density at radius 3 is 2.80 bits per heavy atom. The molecule has 2 unspecified atom stereocenters. The molecule has 3 heteroatoms. The molecule has 3 nitrogen and oxygen atoms in total. The molecule has 0 saturated heterocycles. The first-order valence-corrected chi connectivity index (χ1v) is 5.99. The lowest BCUT2D eigenvalue weighted by atomic mass is 9.90. The number of rotatable bonds is 3. The van der Waals surface area contributed by atoms with Gasteiger partial charge in [-0.15, -0.1) is 0 Å². The molecule has 1 aliphatic carbocycles. The lowest BCUT2D eigenvalue weighted by Crippen LogP contribution is -2.48. The van der Waals surface area contributed by atoms with Crippen LogP contribution in [0.4, 0.5) is 0 Å². The largest absolute Gasteiger partial charge is 0.468 e. The summed E-state index contributed by atoms with van der Waals surface area (Å²) in [4.78, 5) is 11.6. The Balaban J connectivity index is 2.54. The van der Waals surface area contributed by atoms with Crippen LogP contribution in [0.25, 0.3) is 0 Å². The van der Waals surface area contributed by atoms with Gasteiger partial charge in [-0.1, -0.05) is 32.6 Å². The minimum atomic E-state index is -0.711. The van der Waals surface area contributed by atoms with E-state index in [-0.39, 0.29) is 5.97 Å². The van der Waals surface area contributed by atoms with E-state index in [0.29, 0.717) is 0 Å². The fraction of sp³-hybridized carbons (Fsp3) is 0.917. The highest BCUT2D eigenvalue weighted by Crippen LogP contribution is 2.31. The van der Waals surface area contributed by atoms with Crippen molar-refractivity contribution >= 4 is 5.97 Å². The van der Waals surface area contributed by atoms with Crippen LogP contribution >= 0.6 is 0 Å². The van der Waals surface area contributed by atoms with E-state index >= 15 is 0 Å². The van der Waals surface area contributed by atoms with Crippen molar-refractivity contribution in [2.24, 2.45) is 11.7 Å². The highest BCUT2D eigenvalue weighted by Gasteiger charge is 2.36. The lowest BCUT2D eigenvalue weighted by molar-refractivity contribution is -0.147. The number of hydrogen-bond acceptors (Lipinski definition) is 3. The van der Waals surface area contributed by atoms with Gasteiger partial charge in [0, 0.05) is 0 Å². The van der Waals surface area contributed by atoms with Gasteiger partial charge in [-0.05, 0) is 25.2 Å². The van der Waals surface area contributed by atoms with Gasteiger partial charge in [0.05, 0.1) is 7.11 Å². The Bertz CT molecular complexity index is 218. The van der Waals surface area contributed by atoms with Crippen molar-refractivity contribution in [3.63, 3.8) is 0 Å². The van der Waals surface area contributed by atoms with Crippen molar-refractivity contribution < 1.29 is 9.53 Å². The van der Waals surface area contributed by atoms with Crippen LogP contribution in [0.5, 0.6) is 0 Å². The van der Waals surface area contributed by atoms with Crippen molar-refractivity contribution in [3.05, 3.63) is 0 Å². The minimum Gasteiger partial charge on any atom is -0.468 e. The van der Waals surface area contributed by atoms with E-state index in [4.69, 9.17) is 10.5 Å². The van der Waals surface area contributed by atoms with E-state index in [1.54, 1.807) is 0 Å². The first-order chi connectivity index (χ1) is 7.12. The molecule has 1 saturated carbocycles. The Hall–Kier alpha value is -0.570. The standard InChI is InChI=1S/C12H23NO2/c1-3-5-10-6-4-8-12(13,9-7-10)11(14)15-2/h10H,3-9,13H2,1-2H3. The molecule has 0 aliphatic heterocycles. The van der Waals surface area contributed by atoms with Crippen LogP contribution in [0, 0.1) is 5.92 Å². The maximum Gasteiger partial charge on any atom is 0.325 e. The molecule has 1 aliphatic rings. The lowest BCUT2D eigenvalue weighted by Gasteiger charge is -2.24. The van der Waals surface area contributed by atoms with E-state index in [0.717, 1.165) is 31.6 Å². The second kappa shape index (κ2) is 5.50. The van der Waals surface area contributed by atoms with Gasteiger partial charge in [-0.25, -0.2) is 0 Å². The van der Waals surface area contributed by atoms with Gasteiger partial charge in [0.15, 0.2) is 0 Å². The molecule has 15 heavy (non-hydrogen) atoms. The van der Waals surface area contributed by atoms with Crippen LogP contribution in [0.2, 0.25) is 0 Å². The Labute approximate surface area is 92.4 Å². The van der Waals surface area contributed by atoms with E-state index in [1.165, 1.54) is 26.4 Å². The molecule has 0 aromatic rings. The maximum absolute atomic E-state index is 11.6. The van der Waals surface area contributed by atoms with Gasteiger partial charge in [0.2, 0.25) is 0 Å². The molecular formula is C12H23NO2. The van der Waals surface area contributed by atoms with E-state index in [2.05, 4.69) is 6.92 Å². The third-order valence-electron chi connectivity index (χ3n) is 3.52. The highest BCUT2D eigenvalue weighted by atomic mass is 16.5. The quantitative estimate of drug-likeness (QED) is 0.578. The molecule has 2 atom stereocenters. The van der Waals surface area contributed by atoms with E-state index in [9.17, 15) is 4.79 Å². The summed E-state index contributed by atoms with van der Waals surface area (Å²) in [6.45, 7) is 2.21. The summed E-state index contributed by atoms with van der Waals surface area (Å²) in [5, 5.41) is 0. The topological polar surface area (TPSA) is 52.3 Å². The van der Waals surface area contributed by atoms with Crippen LogP contribution in [-0.2, 0) is 9.53 Å². The normalized spacial score (nSPS) is 32.1. The van der Waals surface area contributed by atoms with Crippen LogP contribution in [0.15, 0.2) is 0 Å².